The largest absolute Gasteiger partial charge is 0.378 e. The summed E-state index contributed by atoms with van der Waals surface area (Å²) in [7, 11) is 3.36. The lowest BCUT2D eigenvalue weighted by Crippen LogP contribution is -2.37. The van der Waals surface area contributed by atoms with Gasteiger partial charge in [-0.1, -0.05) is 0 Å². The lowest BCUT2D eigenvalue weighted by Gasteiger charge is -2.28. The van der Waals surface area contributed by atoms with Gasteiger partial charge >= 0.3 is 6.03 Å². The number of rotatable bonds is 6. The first kappa shape index (κ1) is 28.6. The molecule has 44 heavy (non-hydrogen) atoms. The van der Waals surface area contributed by atoms with Gasteiger partial charge in [0.15, 0.2) is 11.6 Å². The number of hydrogen-bond donors (Lipinski definition) is 2. The highest BCUT2D eigenvalue weighted by molar-refractivity contribution is 6.00. The maximum absolute atomic E-state index is 14.5. The second kappa shape index (κ2) is 12.4. The van der Waals surface area contributed by atoms with Gasteiger partial charge in [-0.15, -0.1) is 0 Å². The lowest BCUT2D eigenvalue weighted by atomic mass is 10.1. The molecule has 1 aliphatic rings. The summed E-state index contributed by atoms with van der Waals surface area (Å²) >= 11 is 0. The highest BCUT2D eigenvalue weighted by Gasteiger charge is 2.20. The SMILES string of the molecule is CN(C)C(=O)c1ccc(NC(=O)Nc2ccc(-c3nc(N4CCOCC4)c4ncc(-c5cccnc5F)cc4n3)cc2)cc1. The van der Waals surface area contributed by atoms with Gasteiger partial charge in [-0.3, -0.25) is 9.78 Å². The van der Waals surface area contributed by atoms with Crippen LogP contribution in [-0.2, 0) is 4.74 Å². The number of nitrogens with one attached hydrogen (secondary N) is 2. The summed E-state index contributed by atoms with van der Waals surface area (Å²) in [5, 5.41) is 5.57. The quantitative estimate of drug-likeness (QED) is 0.262. The molecule has 3 aromatic heterocycles. The van der Waals surface area contributed by atoms with Crippen molar-refractivity contribution in [2.45, 2.75) is 0 Å². The third kappa shape index (κ3) is 6.15. The van der Waals surface area contributed by atoms with Crippen LogP contribution in [0.5, 0.6) is 0 Å². The Morgan fingerprint density at radius 1 is 0.886 bits per heavy atom. The van der Waals surface area contributed by atoms with E-state index < -0.39 is 12.0 Å². The average Bonchev–Trinajstić information content (AvgIpc) is 3.05. The molecule has 222 valence electrons. The van der Waals surface area contributed by atoms with Gasteiger partial charge in [-0.2, -0.15) is 4.39 Å². The minimum Gasteiger partial charge on any atom is -0.378 e. The van der Waals surface area contributed by atoms with Crippen LogP contribution in [0, 0.1) is 5.95 Å². The molecule has 1 saturated heterocycles. The molecule has 6 rings (SSSR count). The number of ether oxygens (including phenoxy) is 1. The third-order valence-electron chi connectivity index (χ3n) is 7.10. The molecule has 0 atom stereocenters. The monoisotopic (exact) mass is 592 g/mol. The van der Waals surface area contributed by atoms with E-state index in [1.54, 1.807) is 74.9 Å². The van der Waals surface area contributed by atoms with Crippen LogP contribution in [0.2, 0.25) is 0 Å². The van der Waals surface area contributed by atoms with Crippen LogP contribution in [0.4, 0.5) is 26.4 Å². The molecule has 2 N–H and O–H groups in total. The van der Waals surface area contributed by atoms with Crippen LogP contribution >= 0.6 is 0 Å². The summed E-state index contributed by atoms with van der Waals surface area (Å²) < 4.78 is 20.0. The van der Waals surface area contributed by atoms with Gasteiger partial charge in [-0.05, 0) is 66.7 Å². The number of carbonyl (C=O) groups excluding carboxylic acids is 2. The van der Waals surface area contributed by atoms with Crippen LogP contribution in [0.25, 0.3) is 33.5 Å². The topological polar surface area (TPSA) is 125 Å². The van der Waals surface area contributed by atoms with Crippen LogP contribution < -0.4 is 15.5 Å². The van der Waals surface area contributed by atoms with Crippen molar-refractivity contribution >= 4 is 40.2 Å². The van der Waals surface area contributed by atoms with Gasteiger partial charge in [0.05, 0.1) is 18.7 Å². The number of carbonyl (C=O) groups is 2. The molecule has 0 radical (unpaired) electrons. The summed E-state index contributed by atoms with van der Waals surface area (Å²) in [5.74, 6) is 0.437. The highest BCUT2D eigenvalue weighted by Crippen LogP contribution is 2.31. The summed E-state index contributed by atoms with van der Waals surface area (Å²) in [5.41, 5.74) is 4.44. The van der Waals surface area contributed by atoms with Gasteiger partial charge in [0, 0.05) is 73.2 Å². The number of pyridine rings is 2. The van der Waals surface area contributed by atoms with E-state index in [1.165, 1.54) is 11.1 Å². The maximum atomic E-state index is 14.5. The first-order chi connectivity index (χ1) is 21.4. The Kier molecular flexibility index (Phi) is 8.06. The van der Waals surface area contributed by atoms with Crippen molar-refractivity contribution in [1.82, 2.24) is 24.8 Å². The predicted octanol–water partition coefficient (Wildman–Crippen LogP) is 5.08. The van der Waals surface area contributed by atoms with Crippen LogP contribution in [-0.4, -0.2) is 77.2 Å². The smallest absolute Gasteiger partial charge is 0.323 e. The first-order valence-electron chi connectivity index (χ1n) is 14.0. The van der Waals surface area contributed by atoms with Crippen molar-refractivity contribution in [3.05, 3.63) is 90.6 Å². The number of anilines is 3. The van der Waals surface area contributed by atoms with Crippen molar-refractivity contribution in [3.8, 4) is 22.5 Å². The Bertz CT molecular complexity index is 1820. The molecule has 5 aromatic rings. The van der Waals surface area contributed by atoms with E-state index in [9.17, 15) is 14.0 Å². The molecule has 1 aliphatic heterocycles. The summed E-state index contributed by atoms with van der Waals surface area (Å²) in [6.07, 6.45) is 3.01. The number of nitrogens with zero attached hydrogens (tertiary/aromatic N) is 6. The normalized spacial score (nSPS) is 13.0. The molecule has 4 heterocycles. The van der Waals surface area contributed by atoms with E-state index >= 15 is 0 Å². The number of hydrogen-bond acceptors (Lipinski definition) is 8. The van der Waals surface area contributed by atoms with Gasteiger partial charge in [0.2, 0.25) is 5.95 Å². The average molecular weight is 593 g/mol. The Labute approximate surface area is 252 Å². The number of urea groups is 1. The Hall–Kier alpha value is -5.49. The second-order valence-electron chi connectivity index (χ2n) is 10.3. The number of amides is 3. The molecule has 2 aromatic carbocycles. The van der Waals surface area contributed by atoms with E-state index in [1.807, 2.05) is 12.1 Å². The minimum atomic E-state index is -0.583. The second-order valence-corrected chi connectivity index (χ2v) is 10.3. The predicted molar refractivity (Wildman–Crippen MR) is 166 cm³/mol. The van der Waals surface area contributed by atoms with Crippen molar-refractivity contribution in [1.29, 1.82) is 0 Å². The van der Waals surface area contributed by atoms with E-state index in [0.29, 0.717) is 77.0 Å². The number of morpholine rings is 1. The minimum absolute atomic E-state index is 0.118. The Balaban J connectivity index is 1.25. The van der Waals surface area contributed by atoms with Crippen molar-refractivity contribution in [2.24, 2.45) is 0 Å². The Morgan fingerprint density at radius 2 is 1.57 bits per heavy atom. The fraction of sp³-hybridized carbons (Fsp3) is 0.188. The van der Waals surface area contributed by atoms with Gasteiger partial charge in [0.25, 0.3) is 5.91 Å². The van der Waals surface area contributed by atoms with E-state index in [0.717, 1.165) is 5.56 Å². The molecule has 11 nitrogen and oxygen atoms in total. The summed E-state index contributed by atoms with van der Waals surface area (Å²) in [4.78, 5) is 46.4. The van der Waals surface area contributed by atoms with Crippen molar-refractivity contribution < 1.29 is 18.7 Å². The zero-order chi connectivity index (χ0) is 30.6. The van der Waals surface area contributed by atoms with E-state index in [2.05, 4.69) is 25.5 Å². The third-order valence-corrected chi connectivity index (χ3v) is 7.10. The van der Waals surface area contributed by atoms with Crippen molar-refractivity contribution in [2.75, 3.05) is 55.9 Å². The molecule has 1 fully saturated rings. The fourth-order valence-electron chi connectivity index (χ4n) is 4.83. The van der Waals surface area contributed by atoms with E-state index in [-0.39, 0.29) is 5.91 Å². The lowest BCUT2D eigenvalue weighted by molar-refractivity contribution is 0.0827. The molecule has 0 saturated carbocycles. The molecule has 3 amide bonds. The molecular formula is C32H29FN8O3. The molecular weight excluding hydrogens is 563 g/mol. The van der Waals surface area contributed by atoms with Crippen molar-refractivity contribution in [3.63, 3.8) is 0 Å². The molecule has 0 bridgehead atoms. The number of fused-ring (bicyclic) bond motifs is 1. The Morgan fingerprint density at radius 3 is 2.23 bits per heavy atom. The number of halogens is 1. The zero-order valence-corrected chi connectivity index (χ0v) is 24.1. The van der Waals surface area contributed by atoms with Gasteiger partial charge < -0.3 is 25.2 Å². The summed E-state index contributed by atoms with van der Waals surface area (Å²) in [6.45, 7) is 2.44. The zero-order valence-electron chi connectivity index (χ0n) is 24.1. The number of benzene rings is 2. The van der Waals surface area contributed by atoms with Crippen LogP contribution in [0.3, 0.4) is 0 Å². The first-order valence-corrected chi connectivity index (χ1v) is 14.0. The molecule has 0 spiro atoms. The fourth-order valence-corrected chi connectivity index (χ4v) is 4.83. The van der Waals surface area contributed by atoms with E-state index in [4.69, 9.17) is 14.7 Å². The standard InChI is InChI=1S/C32H29FN8O3/c1-40(2)31(42)21-7-11-24(12-8-21)37-32(43)36-23-9-5-20(6-10-23)29-38-26-18-22(25-4-3-13-34-28(25)33)19-35-27(26)30(39-29)41-14-16-44-17-15-41/h3-13,18-19H,14-17H2,1-2H3,(H2,36,37,43). The highest BCUT2D eigenvalue weighted by atomic mass is 19.1. The summed E-state index contributed by atoms with van der Waals surface area (Å²) in [6, 6.07) is 18.5. The molecule has 0 aliphatic carbocycles. The van der Waals surface area contributed by atoms with Gasteiger partial charge in [0.1, 0.15) is 5.52 Å². The van der Waals surface area contributed by atoms with Gasteiger partial charge in [-0.25, -0.2) is 19.7 Å². The maximum Gasteiger partial charge on any atom is 0.323 e. The van der Waals surface area contributed by atoms with Crippen LogP contribution in [0.1, 0.15) is 10.4 Å². The molecule has 0 unspecified atom stereocenters. The molecule has 12 heteroatoms. The van der Waals surface area contributed by atoms with Crippen LogP contribution in [0.15, 0.2) is 79.1 Å². The number of aromatic nitrogens is 4.